The Morgan fingerprint density at radius 2 is 2.12 bits per heavy atom. The van der Waals surface area contributed by atoms with Crippen LogP contribution in [-0.4, -0.2) is 50.8 Å². The monoisotopic (exact) mass is 351 g/mol. The average Bonchev–Trinajstić information content (AvgIpc) is 2.63. The summed E-state index contributed by atoms with van der Waals surface area (Å²) in [4.78, 5) is 15.1. The van der Waals surface area contributed by atoms with Gasteiger partial charge in [-0.1, -0.05) is 23.7 Å². The lowest BCUT2D eigenvalue weighted by molar-refractivity contribution is -0.147. The second-order valence-corrected chi connectivity index (χ2v) is 7.07. The number of amides is 1. The molecule has 2 heterocycles. The van der Waals surface area contributed by atoms with Gasteiger partial charge in [-0.25, -0.2) is 0 Å². The zero-order valence-electron chi connectivity index (χ0n) is 14.2. The summed E-state index contributed by atoms with van der Waals surface area (Å²) in [7, 11) is 1.64. The number of hydrogen-bond donors (Lipinski definition) is 2. The smallest absolute Gasteiger partial charge is 0.252 e. The van der Waals surface area contributed by atoms with Gasteiger partial charge in [0.2, 0.25) is 0 Å². The number of nitrogens with zero attached hydrogens (tertiary/aromatic N) is 1. The van der Waals surface area contributed by atoms with Crippen LogP contribution in [0.2, 0.25) is 5.02 Å². The molecule has 2 aliphatic rings. The molecule has 0 spiro atoms. The van der Waals surface area contributed by atoms with Gasteiger partial charge in [0.15, 0.2) is 0 Å². The first-order valence-corrected chi connectivity index (χ1v) is 9.09. The molecule has 0 bridgehead atoms. The number of para-hydroxylation sites is 1. The van der Waals surface area contributed by atoms with E-state index in [1.807, 2.05) is 24.3 Å². The van der Waals surface area contributed by atoms with Crippen LogP contribution in [0.5, 0.6) is 0 Å². The molecule has 0 radical (unpaired) electrons. The van der Waals surface area contributed by atoms with E-state index in [0.717, 1.165) is 62.6 Å². The fourth-order valence-corrected chi connectivity index (χ4v) is 3.95. The topological polar surface area (TPSA) is 53.6 Å². The predicted octanol–water partition coefficient (Wildman–Crippen LogP) is 2.19. The molecule has 0 saturated carbocycles. The summed E-state index contributed by atoms with van der Waals surface area (Å²) in [5.74, 6) is 0.0255. The number of halogens is 1. The Labute approximate surface area is 148 Å². The van der Waals surface area contributed by atoms with Gasteiger partial charge in [0, 0.05) is 26.2 Å². The lowest BCUT2D eigenvalue weighted by Crippen LogP contribution is -2.58. The van der Waals surface area contributed by atoms with E-state index in [2.05, 4.69) is 15.5 Å². The molecule has 1 aromatic carbocycles. The Kier molecular flexibility index (Phi) is 5.64. The van der Waals surface area contributed by atoms with Crippen molar-refractivity contribution >= 4 is 23.2 Å². The van der Waals surface area contributed by atoms with E-state index in [1.165, 1.54) is 0 Å². The quantitative estimate of drug-likeness (QED) is 0.873. The number of nitrogens with one attached hydrogen (secondary N) is 2. The molecule has 1 unspecified atom stereocenters. The van der Waals surface area contributed by atoms with Crippen molar-refractivity contribution in [1.29, 1.82) is 0 Å². The molecule has 2 saturated heterocycles. The fourth-order valence-electron chi connectivity index (χ4n) is 3.69. The van der Waals surface area contributed by atoms with Gasteiger partial charge in [-0.05, 0) is 50.9 Å². The summed E-state index contributed by atoms with van der Waals surface area (Å²) >= 11 is 6.32. The Bertz CT molecular complexity index is 575. The van der Waals surface area contributed by atoms with Gasteiger partial charge in [-0.3, -0.25) is 4.79 Å². The molecule has 2 aliphatic heterocycles. The third kappa shape index (κ3) is 3.68. The van der Waals surface area contributed by atoms with Crippen molar-refractivity contribution in [1.82, 2.24) is 10.6 Å². The van der Waals surface area contributed by atoms with Crippen molar-refractivity contribution in [2.75, 3.05) is 38.2 Å². The lowest BCUT2D eigenvalue weighted by Gasteiger charge is -2.39. The Hall–Kier alpha value is -1.30. The number of carbonyl (C=O) groups excluding carboxylic acids is 1. The van der Waals surface area contributed by atoms with E-state index in [0.29, 0.717) is 0 Å². The molecule has 1 atom stereocenters. The van der Waals surface area contributed by atoms with Crippen LogP contribution < -0.4 is 15.5 Å². The van der Waals surface area contributed by atoms with Gasteiger partial charge in [-0.15, -0.1) is 0 Å². The molecule has 5 nitrogen and oxygen atoms in total. The van der Waals surface area contributed by atoms with Gasteiger partial charge in [0.1, 0.15) is 5.60 Å². The van der Waals surface area contributed by atoms with Crippen LogP contribution in [0.25, 0.3) is 0 Å². The van der Waals surface area contributed by atoms with E-state index in [-0.39, 0.29) is 11.9 Å². The SMILES string of the molecule is COC1(C(=O)NC2CCCN(c3ccccc3Cl)C2)CCNCC1. The second kappa shape index (κ2) is 7.72. The summed E-state index contributed by atoms with van der Waals surface area (Å²) in [5, 5.41) is 7.27. The number of anilines is 1. The third-order valence-corrected chi connectivity index (χ3v) is 5.49. The fraction of sp³-hybridized carbons (Fsp3) is 0.611. The zero-order chi connectivity index (χ0) is 17.0. The van der Waals surface area contributed by atoms with Gasteiger partial charge >= 0.3 is 0 Å². The number of benzene rings is 1. The number of ether oxygens (including phenoxy) is 1. The van der Waals surface area contributed by atoms with Gasteiger partial charge in [0.25, 0.3) is 5.91 Å². The Morgan fingerprint density at radius 3 is 2.83 bits per heavy atom. The van der Waals surface area contributed by atoms with Crippen LogP contribution in [0, 0.1) is 0 Å². The number of carbonyl (C=O) groups is 1. The minimum Gasteiger partial charge on any atom is -0.368 e. The number of piperidine rings is 2. The molecule has 132 valence electrons. The first-order valence-electron chi connectivity index (χ1n) is 8.71. The van der Waals surface area contributed by atoms with Gasteiger partial charge in [-0.2, -0.15) is 0 Å². The standard InChI is InChI=1S/C18H26ClN3O2/c1-24-18(8-10-20-11-9-18)17(23)21-14-5-4-12-22(13-14)16-7-3-2-6-15(16)19/h2-3,6-7,14,20H,4-5,8-13H2,1H3,(H,21,23). The normalized spacial score (nSPS) is 23.8. The maximum atomic E-state index is 12.8. The number of rotatable bonds is 4. The molecule has 2 fully saturated rings. The molecule has 3 rings (SSSR count). The summed E-state index contributed by atoms with van der Waals surface area (Å²) in [6.07, 6.45) is 3.47. The van der Waals surface area contributed by atoms with Crippen molar-refractivity contribution in [2.45, 2.75) is 37.3 Å². The first kappa shape index (κ1) is 17.5. The van der Waals surface area contributed by atoms with Gasteiger partial charge in [0.05, 0.1) is 10.7 Å². The Morgan fingerprint density at radius 1 is 1.38 bits per heavy atom. The molecular formula is C18H26ClN3O2. The first-order chi connectivity index (χ1) is 11.6. The van der Waals surface area contributed by atoms with Crippen molar-refractivity contribution < 1.29 is 9.53 Å². The van der Waals surface area contributed by atoms with E-state index in [1.54, 1.807) is 7.11 Å². The van der Waals surface area contributed by atoms with E-state index >= 15 is 0 Å². The summed E-state index contributed by atoms with van der Waals surface area (Å²) < 4.78 is 5.63. The summed E-state index contributed by atoms with van der Waals surface area (Å²) in [6, 6.07) is 8.01. The molecule has 1 amide bonds. The van der Waals surface area contributed by atoms with Crippen LogP contribution in [0.3, 0.4) is 0 Å². The average molecular weight is 352 g/mol. The largest absolute Gasteiger partial charge is 0.368 e. The molecular weight excluding hydrogens is 326 g/mol. The van der Waals surface area contributed by atoms with E-state index in [4.69, 9.17) is 16.3 Å². The highest BCUT2D eigenvalue weighted by atomic mass is 35.5. The lowest BCUT2D eigenvalue weighted by atomic mass is 9.90. The number of methoxy groups -OCH3 is 1. The minimum atomic E-state index is -0.683. The van der Waals surface area contributed by atoms with E-state index < -0.39 is 5.60 Å². The van der Waals surface area contributed by atoms with Crippen molar-refractivity contribution in [3.63, 3.8) is 0 Å². The minimum absolute atomic E-state index is 0.0255. The highest BCUT2D eigenvalue weighted by Gasteiger charge is 2.40. The van der Waals surface area contributed by atoms with Crippen LogP contribution in [0.1, 0.15) is 25.7 Å². The Balaban J connectivity index is 1.65. The van der Waals surface area contributed by atoms with Gasteiger partial charge < -0.3 is 20.3 Å². The van der Waals surface area contributed by atoms with E-state index in [9.17, 15) is 4.79 Å². The third-order valence-electron chi connectivity index (χ3n) is 5.17. The molecule has 6 heteroatoms. The summed E-state index contributed by atoms with van der Waals surface area (Å²) in [5.41, 5.74) is 0.360. The maximum Gasteiger partial charge on any atom is 0.252 e. The van der Waals surface area contributed by atoms with Crippen molar-refractivity contribution in [2.24, 2.45) is 0 Å². The maximum absolute atomic E-state index is 12.8. The van der Waals surface area contributed by atoms with Crippen LogP contribution in [0.4, 0.5) is 5.69 Å². The zero-order valence-corrected chi connectivity index (χ0v) is 14.9. The van der Waals surface area contributed by atoms with Crippen LogP contribution in [-0.2, 0) is 9.53 Å². The predicted molar refractivity (Wildman–Crippen MR) is 96.7 cm³/mol. The molecule has 24 heavy (non-hydrogen) atoms. The molecule has 0 aliphatic carbocycles. The highest BCUT2D eigenvalue weighted by Crippen LogP contribution is 2.28. The number of hydrogen-bond acceptors (Lipinski definition) is 4. The van der Waals surface area contributed by atoms with Crippen molar-refractivity contribution in [3.8, 4) is 0 Å². The molecule has 0 aromatic heterocycles. The molecule has 2 N–H and O–H groups in total. The van der Waals surface area contributed by atoms with Crippen LogP contribution >= 0.6 is 11.6 Å². The molecule has 1 aromatic rings. The second-order valence-electron chi connectivity index (χ2n) is 6.66. The highest BCUT2D eigenvalue weighted by molar-refractivity contribution is 6.33. The van der Waals surface area contributed by atoms with Crippen LogP contribution in [0.15, 0.2) is 24.3 Å². The van der Waals surface area contributed by atoms with Crippen molar-refractivity contribution in [3.05, 3.63) is 29.3 Å². The summed E-state index contributed by atoms with van der Waals surface area (Å²) in [6.45, 7) is 3.39.